The number of pyridine rings is 2. The summed E-state index contributed by atoms with van der Waals surface area (Å²) in [6.45, 7) is 3.94. The molecule has 2 aromatic heterocycles. The van der Waals surface area contributed by atoms with Gasteiger partial charge in [0.1, 0.15) is 35.0 Å². The van der Waals surface area contributed by atoms with Crippen LogP contribution in [-0.2, 0) is 32.2 Å². The molecule has 0 fully saturated rings. The summed E-state index contributed by atoms with van der Waals surface area (Å²) in [5, 5.41) is 30.4. The van der Waals surface area contributed by atoms with Crippen LogP contribution in [0.25, 0.3) is 11.1 Å². The topological polar surface area (TPSA) is 220 Å². The van der Waals surface area contributed by atoms with Crippen molar-refractivity contribution in [2.24, 2.45) is 0 Å². The third-order valence-electron chi connectivity index (χ3n) is 8.59. The molecule has 2 heterocycles. The molecule has 2 unspecified atom stereocenters. The van der Waals surface area contributed by atoms with Crippen molar-refractivity contribution in [1.29, 1.82) is 0 Å². The Balaban J connectivity index is 1.50. The molecule has 4 rings (SSSR count). The van der Waals surface area contributed by atoms with E-state index >= 15 is 0 Å². The minimum absolute atomic E-state index is 0.0288. The van der Waals surface area contributed by atoms with Gasteiger partial charge < -0.3 is 39.8 Å². The van der Waals surface area contributed by atoms with Gasteiger partial charge in [0.25, 0.3) is 11.8 Å². The van der Waals surface area contributed by atoms with Crippen LogP contribution in [0.2, 0.25) is 0 Å². The van der Waals surface area contributed by atoms with E-state index in [9.17, 15) is 29.4 Å². The second-order valence-electron chi connectivity index (χ2n) is 12.1. The number of nitrogens with one attached hydrogen (secondary N) is 4. The van der Waals surface area contributed by atoms with E-state index < -0.39 is 35.8 Å². The Labute approximate surface area is 312 Å². The molecule has 2 amide bonds. The van der Waals surface area contributed by atoms with Crippen LogP contribution in [0.3, 0.4) is 0 Å². The Morgan fingerprint density at radius 3 is 1.37 bits per heavy atom. The van der Waals surface area contributed by atoms with Crippen LogP contribution >= 0.6 is 0 Å². The molecule has 0 bridgehead atoms. The number of aromatic nitrogens is 2. The molecule has 2 aromatic carbocycles. The van der Waals surface area contributed by atoms with Crippen molar-refractivity contribution in [3.05, 3.63) is 94.6 Å². The van der Waals surface area contributed by atoms with Gasteiger partial charge in [-0.2, -0.15) is 0 Å². The Hall–Kier alpha value is -5.94. The number of aliphatic carboxylic acids is 2. The maximum atomic E-state index is 13.4. The second kappa shape index (κ2) is 19.2. The summed E-state index contributed by atoms with van der Waals surface area (Å²) in [7, 11) is 5.72. The summed E-state index contributed by atoms with van der Waals surface area (Å²) >= 11 is 0. The lowest BCUT2D eigenvalue weighted by molar-refractivity contribution is -0.141. The van der Waals surface area contributed by atoms with E-state index in [1.807, 2.05) is 38.1 Å². The molecule has 54 heavy (non-hydrogen) atoms. The van der Waals surface area contributed by atoms with E-state index in [0.717, 1.165) is 22.3 Å². The predicted molar refractivity (Wildman–Crippen MR) is 199 cm³/mol. The number of carboxylic acid groups (broad SMARTS) is 2. The Bertz CT molecular complexity index is 1850. The van der Waals surface area contributed by atoms with Crippen LogP contribution in [0.1, 0.15) is 43.2 Å². The third kappa shape index (κ3) is 10.1. The Morgan fingerprint density at radius 1 is 0.648 bits per heavy atom. The normalized spacial score (nSPS) is 12.0. The number of carbonyl (C=O) groups excluding carboxylic acids is 2. The minimum Gasteiger partial charge on any atom is -0.496 e. The average Bonchev–Trinajstić information content (AvgIpc) is 3.16. The summed E-state index contributed by atoms with van der Waals surface area (Å²) in [5.41, 5.74) is 5.59. The van der Waals surface area contributed by atoms with Crippen molar-refractivity contribution < 1.29 is 48.3 Å². The lowest BCUT2D eigenvalue weighted by Crippen LogP contribution is -2.39. The van der Waals surface area contributed by atoms with E-state index in [4.69, 9.17) is 18.9 Å². The summed E-state index contributed by atoms with van der Waals surface area (Å²) in [6, 6.07) is 12.1. The monoisotopic (exact) mass is 744 g/mol. The molecule has 0 aliphatic heterocycles. The number of anilines is 2. The second-order valence-corrected chi connectivity index (χ2v) is 12.1. The van der Waals surface area contributed by atoms with Gasteiger partial charge in [0.15, 0.2) is 0 Å². The first-order chi connectivity index (χ1) is 25.9. The molecule has 0 saturated carbocycles. The van der Waals surface area contributed by atoms with E-state index in [-0.39, 0.29) is 37.7 Å². The first-order valence-corrected chi connectivity index (χ1v) is 16.7. The highest BCUT2D eigenvalue weighted by Gasteiger charge is 2.21. The predicted octanol–water partition coefficient (Wildman–Crippen LogP) is 3.66. The van der Waals surface area contributed by atoms with Crippen molar-refractivity contribution >= 4 is 35.1 Å². The van der Waals surface area contributed by atoms with Gasteiger partial charge in [0, 0.05) is 74.3 Å². The Morgan fingerprint density at radius 2 is 1.04 bits per heavy atom. The highest BCUT2D eigenvalue weighted by molar-refractivity contribution is 6.05. The van der Waals surface area contributed by atoms with Crippen molar-refractivity contribution in [2.75, 3.05) is 52.3 Å². The van der Waals surface area contributed by atoms with E-state index in [1.165, 1.54) is 53.0 Å². The maximum Gasteiger partial charge on any atom is 0.323 e. The molecular weight excluding hydrogens is 700 g/mol. The van der Waals surface area contributed by atoms with Gasteiger partial charge in [-0.3, -0.25) is 39.8 Å². The molecule has 16 heteroatoms. The highest BCUT2D eigenvalue weighted by Crippen LogP contribution is 2.34. The van der Waals surface area contributed by atoms with E-state index in [2.05, 4.69) is 31.2 Å². The molecule has 0 saturated heterocycles. The fourth-order valence-corrected chi connectivity index (χ4v) is 5.56. The Kier molecular flexibility index (Phi) is 14.5. The zero-order chi connectivity index (χ0) is 39.4. The number of carbonyl (C=O) groups is 4. The van der Waals surface area contributed by atoms with Crippen LogP contribution in [0.15, 0.2) is 60.9 Å². The summed E-state index contributed by atoms with van der Waals surface area (Å²) in [5.74, 6) is -2.36. The number of amides is 2. The van der Waals surface area contributed by atoms with Crippen LogP contribution in [0.4, 0.5) is 11.4 Å². The van der Waals surface area contributed by atoms with E-state index in [1.54, 1.807) is 12.1 Å². The summed E-state index contributed by atoms with van der Waals surface area (Å²) in [6.07, 6.45) is 2.91. The zero-order valence-electron chi connectivity index (χ0n) is 30.8. The number of nitrogens with zero attached hydrogens (tertiary/aromatic N) is 2. The summed E-state index contributed by atoms with van der Waals surface area (Å²) in [4.78, 5) is 58.2. The van der Waals surface area contributed by atoms with Crippen LogP contribution in [0, 0.1) is 13.8 Å². The molecule has 0 aliphatic rings. The number of carboxylic acids is 2. The van der Waals surface area contributed by atoms with Crippen molar-refractivity contribution in [1.82, 2.24) is 20.6 Å². The largest absolute Gasteiger partial charge is 0.496 e. The SMILES string of the molecule is COCC(NCc1cnc(C(=O)Nc2cccc(-c3cccc(NC(=O)c4cc(OC)c(CNC(COC)C(=O)O)cn4)c3C)c2C)cc1OC)C(=O)O. The van der Waals surface area contributed by atoms with Gasteiger partial charge in [-0.15, -0.1) is 0 Å². The summed E-state index contributed by atoms with van der Waals surface area (Å²) < 4.78 is 20.8. The molecule has 2 atom stereocenters. The maximum absolute atomic E-state index is 13.4. The van der Waals surface area contributed by atoms with Gasteiger partial charge in [0.05, 0.1) is 27.4 Å². The number of benzene rings is 2. The van der Waals surface area contributed by atoms with Crippen LogP contribution in [0.5, 0.6) is 11.5 Å². The van der Waals surface area contributed by atoms with Crippen molar-refractivity contribution in [3.63, 3.8) is 0 Å². The molecule has 0 aliphatic carbocycles. The standard InChI is InChI=1S/C38H44N6O10/c1-21-25(9-7-11-27(21)43-35(45)29-13-33(53-5)23(15-39-29)17-41-31(19-51-3)37(47)48)26-10-8-12-28(22(26)2)44-36(46)30-14-34(54-6)24(16-40-30)18-42-32(20-52-4)38(49)50/h7-16,31-32,41-42H,17-20H2,1-6H3,(H,43,45)(H,44,46)(H,47,48)(H,49,50). The first kappa shape index (κ1) is 40.8. The molecular formula is C38H44N6O10. The van der Waals surface area contributed by atoms with Crippen LogP contribution in [-0.4, -0.2) is 97.7 Å². The van der Waals surface area contributed by atoms with Gasteiger partial charge in [0.2, 0.25) is 0 Å². The molecule has 0 radical (unpaired) electrons. The van der Waals surface area contributed by atoms with Gasteiger partial charge in [-0.05, 0) is 48.2 Å². The quantitative estimate of drug-likeness (QED) is 0.0808. The van der Waals surface area contributed by atoms with Crippen molar-refractivity contribution in [2.45, 2.75) is 39.0 Å². The molecule has 286 valence electrons. The first-order valence-electron chi connectivity index (χ1n) is 16.7. The zero-order valence-corrected chi connectivity index (χ0v) is 30.8. The lowest BCUT2D eigenvalue weighted by Gasteiger charge is -2.17. The average molecular weight is 745 g/mol. The number of ether oxygens (including phenoxy) is 4. The molecule has 4 aromatic rings. The highest BCUT2D eigenvalue weighted by atomic mass is 16.5. The third-order valence-corrected chi connectivity index (χ3v) is 8.59. The number of methoxy groups -OCH3 is 4. The minimum atomic E-state index is -1.06. The number of hydrogen-bond donors (Lipinski definition) is 6. The fraction of sp³-hybridized carbons (Fsp3) is 0.316. The van der Waals surface area contributed by atoms with E-state index in [0.29, 0.717) is 34.0 Å². The number of hydrogen-bond acceptors (Lipinski definition) is 12. The fourth-order valence-electron chi connectivity index (χ4n) is 5.56. The van der Waals surface area contributed by atoms with Gasteiger partial charge in [-0.1, -0.05) is 24.3 Å². The smallest absolute Gasteiger partial charge is 0.323 e. The van der Waals surface area contributed by atoms with Gasteiger partial charge in [-0.25, -0.2) is 0 Å². The number of rotatable bonds is 19. The lowest BCUT2D eigenvalue weighted by atomic mass is 9.94. The molecule has 0 spiro atoms. The molecule has 6 N–H and O–H groups in total. The van der Waals surface area contributed by atoms with Gasteiger partial charge >= 0.3 is 11.9 Å². The van der Waals surface area contributed by atoms with Crippen LogP contribution < -0.4 is 30.7 Å². The van der Waals surface area contributed by atoms with Crippen molar-refractivity contribution in [3.8, 4) is 22.6 Å². The molecule has 16 nitrogen and oxygen atoms in total.